The van der Waals surface area contributed by atoms with Gasteiger partial charge < -0.3 is 5.11 Å². The van der Waals surface area contributed by atoms with Crippen LogP contribution in [0.4, 0.5) is 0 Å². The summed E-state index contributed by atoms with van der Waals surface area (Å²) in [6.45, 7) is 15.3. The van der Waals surface area contributed by atoms with Crippen molar-refractivity contribution in [2.24, 2.45) is 10.8 Å². The molecule has 4 aromatic rings. The van der Waals surface area contributed by atoms with Gasteiger partial charge in [0, 0.05) is 47.6 Å². The number of aliphatic hydroxyl groups excluding tert-OH is 1. The number of aromatic nitrogens is 2. The van der Waals surface area contributed by atoms with Gasteiger partial charge in [-0.15, -0.1) is 46.2 Å². The maximum atomic E-state index is 11.5. The van der Waals surface area contributed by atoms with Gasteiger partial charge in [0.15, 0.2) is 11.4 Å². The first-order valence-corrected chi connectivity index (χ1v) is 13.2. The van der Waals surface area contributed by atoms with Crippen molar-refractivity contribution in [3.8, 4) is 21.1 Å². The van der Waals surface area contributed by atoms with E-state index in [-0.39, 0.29) is 37.1 Å². The summed E-state index contributed by atoms with van der Waals surface area (Å²) < 4.78 is 1.17. The van der Waals surface area contributed by atoms with Gasteiger partial charge in [0.1, 0.15) is 14.8 Å². The maximum Gasteiger partial charge on any atom is 0.172 e. The van der Waals surface area contributed by atoms with E-state index < -0.39 is 5.41 Å². The number of ketones is 1. The van der Waals surface area contributed by atoms with Gasteiger partial charge in [0.25, 0.3) is 0 Å². The Labute approximate surface area is 235 Å². The van der Waals surface area contributed by atoms with E-state index in [4.69, 9.17) is 4.98 Å². The van der Waals surface area contributed by atoms with Gasteiger partial charge in [-0.25, -0.2) is 4.98 Å². The van der Waals surface area contributed by atoms with Crippen LogP contribution in [0.2, 0.25) is 0 Å². The van der Waals surface area contributed by atoms with Crippen LogP contribution in [0, 0.1) is 30.7 Å². The van der Waals surface area contributed by atoms with E-state index in [1.165, 1.54) is 15.7 Å². The number of carbonyl (C=O) groups is 1. The average molecular weight is 698 g/mol. The van der Waals surface area contributed by atoms with Gasteiger partial charge in [-0.2, -0.15) is 11.3 Å². The van der Waals surface area contributed by atoms with E-state index in [9.17, 15) is 9.90 Å². The van der Waals surface area contributed by atoms with Crippen LogP contribution in [0.5, 0.6) is 0 Å². The first-order chi connectivity index (χ1) is 16.2. The molecule has 0 aliphatic heterocycles. The fourth-order valence-electron chi connectivity index (χ4n) is 3.03. The molecule has 2 aromatic carbocycles. The second-order valence-corrected chi connectivity index (χ2v) is 12.9. The van der Waals surface area contributed by atoms with Crippen molar-refractivity contribution in [2.45, 2.75) is 55.4 Å². The molecule has 0 aliphatic carbocycles. The van der Waals surface area contributed by atoms with Gasteiger partial charge >= 0.3 is 0 Å². The molecule has 1 N–H and O–H groups in total. The molecule has 193 valence electrons. The molecular formula is C29H33IrN2O2S2-. The van der Waals surface area contributed by atoms with E-state index in [1.54, 1.807) is 22.7 Å². The zero-order valence-corrected chi connectivity index (χ0v) is 26.0. The Morgan fingerprint density at radius 2 is 1.50 bits per heavy atom. The summed E-state index contributed by atoms with van der Waals surface area (Å²) in [6.07, 6.45) is 1.33. The number of aryl methyl sites for hydroxylation is 2. The predicted octanol–water partition coefficient (Wildman–Crippen LogP) is 8.59. The van der Waals surface area contributed by atoms with Crippen LogP contribution < -0.4 is 0 Å². The minimum atomic E-state index is -0.417. The van der Waals surface area contributed by atoms with E-state index in [0.717, 1.165) is 32.4 Å². The molecule has 0 spiro atoms. The Kier molecular flexibility index (Phi) is 9.94. The third-order valence-corrected chi connectivity index (χ3v) is 7.41. The quantitative estimate of drug-likeness (QED) is 0.132. The van der Waals surface area contributed by atoms with Gasteiger partial charge in [0.05, 0.1) is 0 Å². The Hall–Kier alpha value is -2.18. The standard InChI is InChI=1S/C18H13N2S2.C11H20O2.Ir/c1-11-8-12(2)10-14(9-11)17-20-15-18(22-17)21-16(19-15)13-6-4-3-5-7-13;1-10(2,3)8(12)7-9(13)11(4,5)6;/h3-9H,1-2H3;7,12H,1-6H3;/q-1;;/b;8-7-;. The summed E-state index contributed by atoms with van der Waals surface area (Å²) in [7, 11) is 0. The van der Waals surface area contributed by atoms with Crippen LogP contribution in [0.3, 0.4) is 0 Å². The Morgan fingerprint density at radius 1 is 0.917 bits per heavy atom. The van der Waals surface area contributed by atoms with Crippen LogP contribution >= 0.6 is 22.7 Å². The van der Waals surface area contributed by atoms with Gasteiger partial charge in [-0.3, -0.25) is 9.78 Å². The summed E-state index contributed by atoms with van der Waals surface area (Å²) in [6, 6.07) is 17.9. The van der Waals surface area contributed by atoms with Crippen molar-refractivity contribution in [3.63, 3.8) is 0 Å². The van der Waals surface area contributed by atoms with E-state index in [2.05, 4.69) is 49.2 Å². The monoisotopic (exact) mass is 698 g/mol. The summed E-state index contributed by atoms with van der Waals surface area (Å²) in [5.41, 5.74) is 4.68. The van der Waals surface area contributed by atoms with Gasteiger partial charge in [0.2, 0.25) is 0 Å². The normalized spacial score (nSPS) is 12.1. The molecule has 36 heavy (non-hydrogen) atoms. The first kappa shape index (κ1) is 30.0. The molecule has 0 aliphatic rings. The molecule has 0 fully saturated rings. The number of hydrogen-bond donors (Lipinski definition) is 1. The van der Waals surface area contributed by atoms with Crippen molar-refractivity contribution in [1.29, 1.82) is 0 Å². The molecule has 7 heteroatoms. The molecule has 0 unspecified atom stereocenters. The summed E-state index contributed by atoms with van der Waals surface area (Å²) in [5, 5.41) is 11.6. The van der Waals surface area contributed by atoms with E-state index in [1.807, 2.05) is 59.7 Å². The number of nitrogens with zero attached hydrogens (tertiary/aromatic N) is 2. The van der Waals surface area contributed by atoms with Crippen molar-refractivity contribution < 1.29 is 30.0 Å². The predicted molar refractivity (Wildman–Crippen MR) is 149 cm³/mol. The van der Waals surface area contributed by atoms with Crippen molar-refractivity contribution in [3.05, 3.63) is 71.5 Å². The minimum absolute atomic E-state index is 0. The van der Waals surface area contributed by atoms with Gasteiger partial charge in [-0.1, -0.05) is 85.7 Å². The van der Waals surface area contributed by atoms with Crippen LogP contribution in [0.25, 0.3) is 30.8 Å². The van der Waals surface area contributed by atoms with Crippen LogP contribution in [0.1, 0.15) is 52.7 Å². The number of carbonyl (C=O) groups excluding carboxylic acids is 1. The first-order valence-electron chi connectivity index (χ1n) is 11.5. The van der Waals surface area contributed by atoms with E-state index in [0.29, 0.717) is 0 Å². The third-order valence-electron chi connectivity index (χ3n) is 5.15. The number of aliphatic hydroxyl groups is 1. The molecule has 4 nitrogen and oxygen atoms in total. The topological polar surface area (TPSA) is 63.1 Å². The number of rotatable bonds is 3. The van der Waals surface area contributed by atoms with Crippen LogP contribution in [0.15, 0.2) is 54.3 Å². The van der Waals surface area contributed by atoms with Crippen molar-refractivity contribution in [2.75, 3.05) is 0 Å². The molecule has 0 saturated heterocycles. The molecule has 0 atom stereocenters. The molecule has 2 heterocycles. The molecule has 4 rings (SSSR count). The summed E-state index contributed by atoms with van der Waals surface area (Å²) in [4.78, 5) is 20.9. The van der Waals surface area contributed by atoms with Crippen molar-refractivity contribution in [1.82, 2.24) is 9.97 Å². The Bertz CT molecular complexity index is 1310. The Morgan fingerprint density at radius 3 is 2.03 bits per heavy atom. The number of benzene rings is 2. The third kappa shape index (κ3) is 7.91. The van der Waals surface area contributed by atoms with Crippen molar-refractivity contribution >= 4 is 38.1 Å². The molecule has 2 aromatic heterocycles. The second kappa shape index (κ2) is 11.9. The minimum Gasteiger partial charge on any atom is -0.512 e. The molecule has 1 radical (unpaired) electrons. The number of hydrogen-bond acceptors (Lipinski definition) is 6. The maximum absolute atomic E-state index is 11.5. The summed E-state index contributed by atoms with van der Waals surface area (Å²) >= 11 is 3.40. The SMILES string of the molecule is CC(C)(C)C(=O)/C=C(\O)C(C)(C)C.Cc1[c-]c(-c2nc3nc(-c4ccccc4)sc3s2)cc(C)c1.[Ir]. The smallest absolute Gasteiger partial charge is 0.172 e. The second-order valence-electron chi connectivity index (χ2n) is 10.7. The molecule has 0 saturated carbocycles. The zero-order valence-electron chi connectivity index (χ0n) is 22.0. The average Bonchev–Trinajstić information content (AvgIpc) is 3.32. The van der Waals surface area contributed by atoms with Crippen LogP contribution in [-0.2, 0) is 24.9 Å². The Balaban J connectivity index is 0.000000285. The van der Waals surface area contributed by atoms with Gasteiger partial charge in [-0.05, 0) is 0 Å². The number of thiazole rings is 2. The summed E-state index contributed by atoms with van der Waals surface area (Å²) in [5.74, 6) is 0.104. The molecule has 0 bridgehead atoms. The number of allylic oxidation sites excluding steroid dienone is 2. The zero-order chi connectivity index (χ0) is 26.0. The number of fused-ring (bicyclic) bond motifs is 1. The van der Waals surface area contributed by atoms with Crippen LogP contribution in [-0.4, -0.2) is 20.9 Å². The molecular weight excluding hydrogens is 665 g/mol. The fraction of sp³-hybridized carbons (Fsp3) is 0.345. The largest absolute Gasteiger partial charge is 0.512 e. The van der Waals surface area contributed by atoms with E-state index >= 15 is 0 Å². The molecule has 0 amide bonds. The fourth-order valence-corrected chi connectivity index (χ4v) is 5.12.